The fourth-order valence-electron chi connectivity index (χ4n) is 2.64. The van der Waals surface area contributed by atoms with Gasteiger partial charge in [0.05, 0.1) is 18.2 Å². The largest absolute Gasteiger partial charge is 0.375 e. The van der Waals surface area contributed by atoms with Gasteiger partial charge < -0.3 is 10.1 Å². The van der Waals surface area contributed by atoms with E-state index in [4.69, 9.17) is 4.74 Å². The topological polar surface area (TPSA) is 80.3 Å². The Hall–Kier alpha value is -3.03. The fourth-order valence-corrected chi connectivity index (χ4v) is 3.35. The number of nitrogens with one attached hydrogen (secondary N) is 2. The molecule has 2 aromatic carbocycles. The number of thiazole rings is 1. The fraction of sp³-hybridized carbons (Fsp3) is 0.190. The summed E-state index contributed by atoms with van der Waals surface area (Å²) in [5.41, 5.74) is 2.17. The van der Waals surface area contributed by atoms with E-state index in [1.165, 1.54) is 11.3 Å². The maximum absolute atomic E-state index is 12.2. The number of methoxy groups -OCH3 is 1. The summed E-state index contributed by atoms with van der Waals surface area (Å²) in [5.74, 6) is -0.374. The van der Waals surface area contributed by atoms with Gasteiger partial charge in [-0.2, -0.15) is 0 Å². The summed E-state index contributed by atoms with van der Waals surface area (Å²) in [6, 6.07) is 18.6. The molecule has 0 fully saturated rings. The highest BCUT2D eigenvalue weighted by atomic mass is 32.1. The lowest BCUT2D eigenvalue weighted by Gasteiger charge is -2.16. The van der Waals surface area contributed by atoms with E-state index in [2.05, 4.69) is 15.6 Å². The van der Waals surface area contributed by atoms with Crippen molar-refractivity contribution >= 4 is 28.3 Å². The summed E-state index contributed by atoms with van der Waals surface area (Å²) in [5, 5.41) is 7.86. The van der Waals surface area contributed by atoms with E-state index >= 15 is 0 Å². The van der Waals surface area contributed by atoms with Crippen LogP contribution in [0.15, 0.2) is 66.0 Å². The first-order chi connectivity index (χ1) is 13.7. The number of amides is 2. The number of hydrogen-bond acceptors (Lipinski definition) is 5. The van der Waals surface area contributed by atoms with E-state index < -0.39 is 0 Å². The molecule has 6 nitrogen and oxygen atoms in total. The molecular weight excluding hydrogens is 374 g/mol. The van der Waals surface area contributed by atoms with Crippen LogP contribution in [0.3, 0.4) is 0 Å². The number of hydrogen-bond donors (Lipinski definition) is 2. The van der Waals surface area contributed by atoms with E-state index in [1.54, 1.807) is 36.8 Å². The van der Waals surface area contributed by atoms with E-state index in [1.807, 2.05) is 36.4 Å². The van der Waals surface area contributed by atoms with Gasteiger partial charge in [0.2, 0.25) is 5.91 Å². The predicted octanol–water partition coefficient (Wildman–Crippen LogP) is 3.44. The van der Waals surface area contributed by atoms with E-state index in [0.717, 1.165) is 5.56 Å². The van der Waals surface area contributed by atoms with Gasteiger partial charge in [-0.1, -0.05) is 48.5 Å². The highest BCUT2D eigenvalue weighted by Gasteiger charge is 2.14. The molecule has 1 heterocycles. The quantitative estimate of drug-likeness (QED) is 0.612. The van der Waals surface area contributed by atoms with Gasteiger partial charge >= 0.3 is 0 Å². The zero-order valence-corrected chi connectivity index (χ0v) is 16.2. The molecule has 1 atom stereocenters. The Morgan fingerprint density at radius 3 is 2.43 bits per heavy atom. The number of carbonyl (C=O) groups is 2. The molecule has 3 rings (SSSR count). The van der Waals surface area contributed by atoms with E-state index in [0.29, 0.717) is 22.9 Å². The summed E-state index contributed by atoms with van der Waals surface area (Å²) < 4.78 is 5.45. The summed E-state index contributed by atoms with van der Waals surface area (Å²) in [7, 11) is 1.62. The second kappa shape index (κ2) is 9.77. The first-order valence-electron chi connectivity index (χ1n) is 8.81. The summed E-state index contributed by atoms with van der Waals surface area (Å²) in [6.07, 6.45) is -0.0653. The Kier molecular flexibility index (Phi) is 6.89. The highest BCUT2D eigenvalue weighted by molar-refractivity contribution is 7.14. The minimum atomic E-state index is -0.225. The second-order valence-electron chi connectivity index (χ2n) is 6.08. The van der Waals surface area contributed by atoms with Crippen molar-refractivity contribution in [2.24, 2.45) is 0 Å². The Morgan fingerprint density at radius 2 is 1.75 bits per heavy atom. The Balaban J connectivity index is 1.50. The molecule has 1 unspecified atom stereocenters. The molecule has 0 saturated heterocycles. The first-order valence-corrected chi connectivity index (χ1v) is 9.69. The third-order valence-corrected chi connectivity index (χ3v) is 4.90. The maximum atomic E-state index is 12.2. The van der Waals surface area contributed by atoms with Crippen molar-refractivity contribution in [2.45, 2.75) is 12.5 Å². The average molecular weight is 395 g/mol. The van der Waals surface area contributed by atoms with Crippen molar-refractivity contribution in [3.8, 4) is 0 Å². The SMILES string of the molecule is COC(CNC(=O)Cc1csc(NC(=O)c2ccccc2)n1)c1ccccc1. The van der Waals surface area contributed by atoms with Crippen molar-refractivity contribution in [3.05, 3.63) is 82.9 Å². The molecule has 0 aliphatic rings. The molecule has 0 aliphatic carbocycles. The summed E-state index contributed by atoms with van der Waals surface area (Å²) in [4.78, 5) is 28.7. The molecular formula is C21H21N3O3S. The van der Waals surface area contributed by atoms with Crippen molar-refractivity contribution in [1.82, 2.24) is 10.3 Å². The Morgan fingerprint density at radius 1 is 1.07 bits per heavy atom. The average Bonchev–Trinajstić information content (AvgIpc) is 3.16. The van der Waals surface area contributed by atoms with Crippen molar-refractivity contribution in [2.75, 3.05) is 19.0 Å². The molecule has 144 valence electrons. The molecule has 7 heteroatoms. The van der Waals surface area contributed by atoms with Crippen LogP contribution < -0.4 is 10.6 Å². The number of nitrogens with zero attached hydrogens (tertiary/aromatic N) is 1. The van der Waals surface area contributed by atoms with Gasteiger partial charge in [-0.3, -0.25) is 14.9 Å². The lowest BCUT2D eigenvalue weighted by atomic mass is 10.1. The van der Waals surface area contributed by atoms with Gasteiger partial charge in [-0.05, 0) is 17.7 Å². The third kappa shape index (κ3) is 5.48. The number of carbonyl (C=O) groups excluding carboxylic acids is 2. The van der Waals surface area contributed by atoms with E-state index in [-0.39, 0.29) is 24.3 Å². The second-order valence-corrected chi connectivity index (χ2v) is 6.94. The number of rotatable bonds is 8. The Bertz CT molecular complexity index is 913. The minimum absolute atomic E-state index is 0.142. The minimum Gasteiger partial charge on any atom is -0.375 e. The van der Waals surface area contributed by atoms with Gasteiger partial charge in [0.25, 0.3) is 5.91 Å². The number of aromatic nitrogens is 1. The number of benzene rings is 2. The van der Waals surface area contributed by atoms with Gasteiger partial charge in [-0.25, -0.2) is 4.98 Å². The molecule has 2 N–H and O–H groups in total. The van der Waals surface area contributed by atoms with Crippen LogP contribution in [-0.4, -0.2) is 30.5 Å². The zero-order chi connectivity index (χ0) is 19.8. The van der Waals surface area contributed by atoms with Crippen LogP contribution in [0.5, 0.6) is 0 Å². The van der Waals surface area contributed by atoms with E-state index in [9.17, 15) is 9.59 Å². The normalized spacial score (nSPS) is 11.6. The van der Waals surface area contributed by atoms with Crippen LogP contribution in [-0.2, 0) is 16.0 Å². The number of anilines is 1. The van der Waals surface area contributed by atoms with Gasteiger partial charge in [-0.15, -0.1) is 11.3 Å². The van der Waals surface area contributed by atoms with Crippen LogP contribution in [0, 0.1) is 0 Å². The first kappa shape index (κ1) is 19.7. The zero-order valence-electron chi connectivity index (χ0n) is 15.4. The number of ether oxygens (including phenoxy) is 1. The lowest BCUT2D eigenvalue weighted by molar-refractivity contribution is -0.121. The lowest BCUT2D eigenvalue weighted by Crippen LogP contribution is -2.30. The standard InChI is InChI=1S/C21H21N3O3S/c1-27-18(15-8-4-2-5-9-15)13-22-19(25)12-17-14-28-21(23-17)24-20(26)16-10-6-3-7-11-16/h2-11,14,18H,12-13H2,1H3,(H,22,25)(H,23,24,26). The van der Waals surface area contributed by atoms with Crippen molar-refractivity contribution in [3.63, 3.8) is 0 Å². The van der Waals surface area contributed by atoms with Gasteiger partial charge in [0.1, 0.15) is 0 Å². The van der Waals surface area contributed by atoms with Gasteiger partial charge in [0, 0.05) is 24.6 Å². The Labute approximate surface area is 167 Å². The molecule has 1 aromatic heterocycles. The van der Waals surface area contributed by atoms with Crippen LogP contribution in [0.4, 0.5) is 5.13 Å². The smallest absolute Gasteiger partial charge is 0.257 e. The molecule has 28 heavy (non-hydrogen) atoms. The predicted molar refractivity (Wildman–Crippen MR) is 109 cm³/mol. The van der Waals surface area contributed by atoms with Gasteiger partial charge in [0.15, 0.2) is 5.13 Å². The molecule has 3 aromatic rings. The molecule has 2 amide bonds. The highest BCUT2D eigenvalue weighted by Crippen LogP contribution is 2.18. The molecule has 0 spiro atoms. The van der Waals surface area contributed by atoms with Crippen molar-refractivity contribution < 1.29 is 14.3 Å². The van der Waals surface area contributed by atoms with Crippen LogP contribution in [0.2, 0.25) is 0 Å². The van der Waals surface area contributed by atoms with Crippen LogP contribution >= 0.6 is 11.3 Å². The third-order valence-electron chi connectivity index (χ3n) is 4.09. The molecule has 0 radical (unpaired) electrons. The summed E-state index contributed by atoms with van der Waals surface area (Å²) >= 11 is 1.29. The molecule has 0 saturated carbocycles. The van der Waals surface area contributed by atoms with Crippen molar-refractivity contribution in [1.29, 1.82) is 0 Å². The van der Waals surface area contributed by atoms with Crippen LogP contribution in [0.25, 0.3) is 0 Å². The molecule has 0 bridgehead atoms. The summed E-state index contributed by atoms with van der Waals surface area (Å²) in [6.45, 7) is 0.376. The molecule has 0 aliphatic heterocycles. The monoisotopic (exact) mass is 395 g/mol. The maximum Gasteiger partial charge on any atom is 0.257 e. The van der Waals surface area contributed by atoms with Crippen LogP contribution in [0.1, 0.15) is 27.7 Å².